The number of anilines is 4. The second-order valence-electron chi connectivity index (χ2n) is 8.75. The molecule has 0 aliphatic heterocycles. The summed E-state index contributed by atoms with van der Waals surface area (Å²) in [7, 11) is 0. The molecule has 0 saturated heterocycles. The molecule has 6 nitrogen and oxygen atoms in total. The third kappa shape index (κ3) is 4.32. The predicted octanol–water partition coefficient (Wildman–Crippen LogP) is 7.01. The highest BCUT2D eigenvalue weighted by Gasteiger charge is 2.22. The Labute approximate surface area is 203 Å². The van der Waals surface area contributed by atoms with Gasteiger partial charge in [0.1, 0.15) is 5.52 Å². The Kier molecular flexibility index (Phi) is 5.36. The van der Waals surface area contributed by atoms with Crippen LogP contribution in [0, 0.1) is 17.2 Å². The summed E-state index contributed by atoms with van der Waals surface area (Å²) in [4.78, 5) is 9.23. The first kappa shape index (κ1) is 20.9. The van der Waals surface area contributed by atoms with E-state index in [9.17, 15) is 5.26 Å². The zero-order chi connectivity index (χ0) is 23.6. The zero-order valence-corrected chi connectivity index (χ0v) is 19.0. The van der Waals surface area contributed by atoms with Gasteiger partial charge in [0.25, 0.3) is 0 Å². The third-order valence-corrected chi connectivity index (χ3v) is 6.35. The van der Waals surface area contributed by atoms with Gasteiger partial charge < -0.3 is 15.1 Å². The topological polar surface area (TPSA) is 86.8 Å². The molecule has 0 spiro atoms. The van der Waals surface area contributed by atoms with Crippen molar-refractivity contribution in [1.82, 2.24) is 9.97 Å². The van der Waals surface area contributed by atoms with Crippen LogP contribution in [0.4, 0.5) is 22.7 Å². The largest absolute Gasteiger partial charge is 0.436 e. The van der Waals surface area contributed by atoms with Crippen LogP contribution in [-0.4, -0.2) is 9.97 Å². The van der Waals surface area contributed by atoms with Crippen LogP contribution in [0.2, 0.25) is 0 Å². The molecule has 2 aromatic heterocycles. The highest BCUT2D eigenvalue weighted by Crippen LogP contribution is 2.33. The Morgan fingerprint density at radius 1 is 0.886 bits per heavy atom. The molecule has 1 aliphatic carbocycles. The van der Waals surface area contributed by atoms with Crippen molar-refractivity contribution in [2.75, 3.05) is 10.6 Å². The highest BCUT2D eigenvalue weighted by atomic mass is 16.3. The zero-order valence-electron chi connectivity index (χ0n) is 19.0. The molecule has 0 fully saturated rings. The lowest BCUT2D eigenvalue weighted by Gasteiger charge is -2.22. The number of nitrogens with one attached hydrogen (secondary N) is 2. The van der Waals surface area contributed by atoms with E-state index in [1.54, 1.807) is 0 Å². The van der Waals surface area contributed by atoms with Crippen molar-refractivity contribution in [2.24, 2.45) is 5.92 Å². The van der Waals surface area contributed by atoms with Crippen molar-refractivity contribution in [3.05, 3.63) is 96.3 Å². The van der Waals surface area contributed by atoms with Crippen LogP contribution in [0.5, 0.6) is 0 Å². The van der Waals surface area contributed by atoms with Crippen molar-refractivity contribution >= 4 is 33.8 Å². The molecule has 0 amide bonds. The highest BCUT2D eigenvalue weighted by molar-refractivity contribution is 5.82. The first-order valence-corrected chi connectivity index (χ1v) is 11.7. The van der Waals surface area contributed by atoms with Crippen LogP contribution in [0.1, 0.15) is 17.7 Å². The molecule has 2 heterocycles. The molecule has 3 aromatic carbocycles. The number of rotatable bonds is 5. The van der Waals surface area contributed by atoms with Gasteiger partial charge in [0, 0.05) is 46.3 Å². The fourth-order valence-corrected chi connectivity index (χ4v) is 4.57. The molecular formula is C29H23N5O. The normalized spacial score (nSPS) is 14.8. The summed E-state index contributed by atoms with van der Waals surface area (Å²) < 4.78 is 6.15. The van der Waals surface area contributed by atoms with E-state index in [2.05, 4.69) is 21.7 Å². The Hall–Kier alpha value is -4.63. The molecule has 5 aromatic rings. The minimum atomic E-state index is 0.0405. The maximum atomic E-state index is 9.39. The lowest BCUT2D eigenvalue weighted by atomic mass is 9.86. The lowest BCUT2D eigenvalue weighted by molar-refractivity contribution is 0.556. The molecule has 1 atom stereocenters. The quantitative estimate of drug-likeness (QED) is 0.295. The first-order chi connectivity index (χ1) is 17.2. The Morgan fingerprint density at radius 2 is 1.74 bits per heavy atom. The smallest absolute Gasteiger partial charge is 0.227 e. The SMILES string of the molecule is N#CC1CCc2nccc(Nc3ccc4nc(-c5cccc(Nc6ccccc6)c5)oc4c3)c2C1. The van der Waals surface area contributed by atoms with Gasteiger partial charge in [0.2, 0.25) is 5.89 Å². The van der Waals surface area contributed by atoms with Crippen LogP contribution in [-0.2, 0) is 12.8 Å². The number of aromatic nitrogens is 2. The van der Waals surface area contributed by atoms with E-state index in [-0.39, 0.29) is 5.92 Å². The van der Waals surface area contributed by atoms with E-state index in [1.807, 2.05) is 85.1 Å². The van der Waals surface area contributed by atoms with Crippen molar-refractivity contribution in [1.29, 1.82) is 5.26 Å². The van der Waals surface area contributed by atoms with Gasteiger partial charge in [-0.25, -0.2) is 4.98 Å². The fourth-order valence-electron chi connectivity index (χ4n) is 4.57. The second kappa shape index (κ2) is 8.96. The van der Waals surface area contributed by atoms with Crippen molar-refractivity contribution in [2.45, 2.75) is 19.3 Å². The number of aryl methyl sites for hydroxylation is 1. The average molecular weight is 458 g/mol. The number of fused-ring (bicyclic) bond motifs is 2. The van der Waals surface area contributed by atoms with Crippen LogP contribution < -0.4 is 10.6 Å². The number of hydrogen-bond donors (Lipinski definition) is 2. The Bertz CT molecular complexity index is 1550. The summed E-state index contributed by atoms with van der Waals surface area (Å²) >= 11 is 0. The number of oxazole rings is 1. The number of pyridine rings is 1. The van der Waals surface area contributed by atoms with Gasteiger partial charge in [0.05, 0.1) is 12.0 Å². The molecule has 2 N–H and O–H groups in total. The van der Waals surface area contributed by atoms with Crippen molar-refractivity contribution in [3.63, 3.8) is 0 Å². The molecule has 35 heavy (non-hydrogen) atoms. The van der Waals surface area contributed by atoms with Crippen molar-refractivity contribution in [3.8, 4) is 17.5 Å². The average Bonchev–Trinajstić information content (AvgIpc) is 3.33. The molecular weight excluding hydrogens is 434 g/mol. The summed E-state index contributed by atoms with van der Waals surface area (Å²) in [5, 5.41) is 16.3. The fraction of sp³-hybridized carbons (Fsp3) is 0.138. The van der Waals surface area contributed by atoms with E-state index in [1.165, 1.54) is 0 Å². The van der Waals surface area contributed by atoms with Gasteiger partial charge in [-0.15, -0.1) is 0 Å². The first-order valence-electron chi connectivity index (χ1n) is 11.7. The van der Waals surface area contributed by atoms with Crippen molar-refractivity contribution < 1.29 is 4.42 Å². The van der Waals surface area contributed by atoms with Gasteiger partial charge in [-0.05, 0) is 73.4 Å². The summed E-state index contributed by atoms with van der Waals surface area (Å²) in [5.74, 6) is 0.616. The summed E-state index contributed by atoms with van der Waals surface area (Å²) in [5.41, 5.74) is 8.52. The van der Waals surface area contributed by atoms with E-state index in [4.69, 9.17) is 9.40 Å². The van der Waals surface area contributed by atoms with Gasteiger partial charge in [-0.1, -0.05) is 24.3 Å². The summed E-state index contributed by atoms with van der Waals surface area (Å²) in [6, 6.07) is 28.4. The molecule has 0 bridgehead atoms. The summed E-state index contributed by atoms with van der Waals surface area (Å²) in [6.45, 7) is 0. The molecule has 6 heteroatoms. The number of nitriles is 1. The lowest BCUT2D eigenvalue weighted by Crippen LogP contribution is -2.15. The number of hydrogen-bond acceptors (Lipinski definition) is 6. The maximum absolute atomic E-state index is 9.39. The van der Waals surface area contributed by atoms with E-state index in [0.717, 1.165) is 64.3 Å². The monoisotopic (exact) mass is 457 g/mol. The molecule has 0 saturated carbocycles. The Balaban J connectivity index is 1.27. The molecule has 170 valence electrons. The van der Waals surface area contributed by atoms with E-state index >= 15 is 0 Å². The standard InChI is InChI=1S/C29H23N5O/c30-18-19-9-11-25-24(15-19)26(13-14-31-25)33-23-10-12-27-28(17-23)35-29(34-27)20-5-4-8-22(16-20)32-21-6-2-1-3-7-21/h1-8,10,12-14,16-17,19,32H,9,11,15H2,(H,31,33). The molecule has 1 unspecified atom stereocenters. The van der Waals surface area contributed by atoms with Gasteiger partial charge in [-0.2, -0.15) is 5.26 Å². The third-order valence-electron chi connectivity index (χ3n) is 6.35. The minimum Gasteiger partial charge on any atom is -0.436 e. The van der Waals surface area contributed by atoms with E-state index < -0.39 is 0 Å². The predicted molar refractivity (Wildman–Crippen MR) is 138 cm³/mol. The number of benzene rings is 3. The van der Waals surface area contributed by atoms with Crippen LogP contribution >= 0.6 is 0 Å². The van der Waals surface area contributed by atoms with Gasteiger partial charge >= 0.3 is 0 Å². The van der Waals surface area contributed by atoms with Crippen LogP contribution in [0.3, 0.4) is 0 Å². The molecule has 6 rings (SSSR count). The Morgan fingerprint density at radius 3 is 2.63 bits per heavy atom. The second-order valence-corrected chi connectivity index (χ2v) is 8.75. The number of para-hydroxylation sites is 1. The molecule has 1 aliphatic rings. The van der Waals surface area contributed by atoms with Gasteiger partial charge in [-0.3, -0.25) is 4.98 Å². The van der Waals surface area contributed by atoms with E-state index in [0.29, 0.717) is 11.5 Å². The minimum absolute atomic E-state index is 0.0405. The molecule has 0 radical (unpaired) electrons. The maximum Gasteiger partial charge on any atom is 0.227 e. The van der Waals surface area contributed by atoms with Crippen LogP contribution in [0.25, 0.3) is 22.6 Å². The van der Waals surface area contributed by atoms with Gasteiger partial charge in [0.15, 0.2) is 5.58 Å². The summed E-state index contributed by atoms with van der Waals surface area (Å²) in [6.07, 6.45) is 4.26. The number of nitrogens with zero attached hydrogens (tertiary/aromatic N) is 3. The van der Waals surface area contributed by atoms with Crippen LogP contribution in [0.15, 0.2) is 89.5 Å².